The highest BCUT2D eigenvalue weighted by atomic mass is 16.4. The van der Waals surface area contributed by atoms with Gasteiger partial charge in [0.2, 0.25) is 0 Å². The Labute approximate surface area is 102 Å². The van der Waals surface area contributed by atoms with Gasteiger partial charge in [-0.25, -0.2) is 4.79 Å². The molecule has 0 radical (unpaired) electrons. The molecule has 0 aromatic carbocycles. The van der Waals surface area contributed by atoms with Gasteiger partial charge in [-0.2, -0.15) is 0 Å². The zero-order valence-electron chi connectivity index (χ0n) is 9.86. The number of rotatable bonds is 4. The van der Waals surface area contributed by atoms with Crippen molar-refractivity contribution in [2.45, 2.75) is 32.8 Å². The van der Waals surface area contributed by atoms with E-state index in [1.165, 1.54) is 6.92 Å². The highest BCUT2D eigenvalue weighted by Crippen LogP contribution is 1.86. The molecule has 0 heterocycles. The molecule has 18 heavy (non-hydrogen) atoms. The molecule has 5 N–H and O–H groups in total. The number of aliphatic carboxylic acids is 4. The highest BCUT2D eigenvalue weighted by molar-refractivity contribution is 5.75. The maximum atomic E-state index is 9.64. The van der Waals surface area contributed by atoms with Crippen LogP contribution in [-0.2, 0) is 19.2 Å². The zero-order chi connectivity index (χ0) is 15.3. The van der Waals surface area contributed by atoms with Crippen molar-refractivity contribution in [3.05, 3.63) is 0 Å². The molecule has 0 saturated carbocycles. The van der Waals surface area contributed by atoms with Crippen molar-refractivity contribution in [1.29, 1.82) is 0 Å². The van der Waals surface area contributed by atoms with Crippen molar-refractivity contribution in [1.82, 2.24) is 0 Å². The SMILES string of the molecule is CC(=O)O.CC(O)C(=O)O.O=C(O)CCC(=O)O. The molecule has 1 atom stereocenters. The van der Waals surface area contributed by atoms with Gasteiger partial charge in [-0.15, -0.1) is 0 Å². The fourth-order valence-corrected chi connectivity index (χ4v) is 0.214. The van der Waals surface area contributed by atoms with Gasteiger partial charge in [-0.1, -0.05) is 0 Å². The summed E-state index contributed by atoms with van der Waals surface area (Å²) in [4.78, 5) is 37.7. The fourth-order valence-electron chi connectivity index (χ4n) is 0.214. The summed E-state index contributed by atoms with van der Waals surface area (Å²) in [5, 5.41) is 39.0. The maximum Gasteiger partial charge on any atom is 0.332 e. The molecule has 0 aliphatic rings. The number of carboxylic acids is 4. The lowest BCUT2D eigenvalue weighted by molar-refractivity contribution is -0.145. The van der Waals surface area contributed by atoms with E-state index in [0.717, 1.165) is 6.92 Å². The number of aliphatic hydroxyl groups excluding tert-OH is 1. The standard InChI is InChI=1S/C4H6O4.C3H6O3.C2H4O2/c5-3(6)1-2-4(7)8;1-2(4)3(5)6;1-2(3)4/h1-2H2,(H,5,6)(H,7,8);2,4H,1H3,(H,5,6);1H3,(H,3,4). The third-order valence-corrected chi connectivity index (χ3v) is 0.910. The Morgan fingerprint density at radius 3 is 1.11 bits per heavy atom. The smallest absolute Gasteiger partial charge is 0.332 e. The molecular weight excluding hydrogens is 252 g/mol. The number of hydrogen-bond donors (Lipinski definition) is 5. The van der Waals surface area contributed by atoms with Crippen LogP contribution in [0.2, 0.25) is 0 Å². The minimum Gasteiger partial charge on any atom is -0.481 e. The third kappa shape index (κ3) is 48.8. The molecule has 0 aliphatic heterocycles. The lowest BCUT2D eigenvalue weighted by atomic mass is 10.3. The molecule has 9 nitrogen and oxygen atoms in total. The summed E-state index contributed by atoms with van der Waals surface area (Å²) < 4.78 is 0. The van der Waals surface area contributed by atoms with Crippen LogP contribution in [0.1, 0.15) is 26.7 Å². The van der Waals surface area contributed by atoms with E-state index in [9.17, 15) is 14.4 Å². The van der Waals surface area contributed by atoms with Gasteiger partial charge in [0, 0.05) is 6.92 Å². The summed E-state index contributed by atoms with van der Waals surface area (Å²) in [6.45, 7) is 2.28. The van der Waals surface area contributed by atoms with Gasteiger partial charge in [0.15, 0.2) is 0 Å². The van der Waals surface area contributed by atoms with E-state index < -0.39 is 30.0 Å². The molecule has 0 bridgehead atoms. The minimum absolute atomic E-state index is 0.296. The zero-order valence-corrected chi connectivity index (χ0v) is 9.86. The molecule has 9 heteroatoms. The number of hydrogen-bond acceptors (Lipinski definition) is 5. The molecule has 0 saturated heterocycles. The molecule has 0 amide bonds. The number of carbonyl (C=O) groups is 4. The average molecular weight is 268 g/mol. The summed E-state index contributed by atoms with van der Waals surface area (Å²) in [5.74, 6) is -4.17. The fraction of sp³-hybridized carbons (Fsp3) is 0.556. The van der Waals surface area contributed by atoms with Crippen molar-refractivity contribution in [2.75, 3.05) is 0 Å². The van der Waals surface area contributed by atoms with Crippen LogP contribution in [-0.4, -0.2) is 55.5 Å². The van der Waals surface area contributed by atoms with Crippen LogP contribution in [0.3, 0.4) is 0 Å². The Morgan fingerprint density at radius 2 is 1.06 bits per heavy atom. The van der Waals surface area contributed by atoms with Crippen LogP contribution >= 0.6 is 0 Å². The normalized spacial score (nSPS) is 9.72. The number of aliphatic hydroxyl groups is 1. The van der Waals surface area contributed by atoms with Gasteiger partial charge < -0.3 is 25.5 Å². The predicted octanol–water partition coefficient (Wildman–Crippen LogP) is -0.521. The van der Waals surface area contributed by atoms with Gasteiger partial charge in [0.1, 0.15) is 6.10 Å². The Balaban J connectivity index is -0.000000200. The van der Waals surface area contributed by atoms with E-state index in [1.54, 1.807) is 0 Å². The molecule has 0 spiro atoms. The summed E-state index contributed by atoms with van der Waals surface area (Å²) in [6.07, 6.45) is -1.82. The first-order chi connectivity index (χ1) is 8.00. The molecule has 0 aliphatic carbocycles. The third-order valence-electron chi connectivity index (χ3n) is 0.910. The van der Waals surface area contributed by atoms with Gasteiger partial charge >= 0.3 is 17.9 Å². The van der Waals surface area contributed by atoms with E-state index in [1.807, 2.05) is 0 Å². The summed E-state index contributed by atoms with van der Waals surface area (Å²) in [5.41, 5.74) is 0. The van der Waals surface area contributed by atoms with E-state index >= 15 is 0 Å². The van der Waals surface area contributed by atoms with E-state index in [0.29, 0.717) is 0 Å². The van der Waals surface area contributed by atoms with Gasteiger partial charge in [0.05, 0.1) is 12.8 Å². The molecule has 0 aromatic heterocycles. The predicted molar refractivity (Wildman–Crippen MR) is 57.1 cm³/mol. The second-order valence-electron chi connectivity index (χ2n) is 2.82. The van der Waals surface area contributed by atoms with E-state index in [4.69, 9.17) is 30.3 Å². The van der Waals surface area contributed by atoms with Crippen molar-refractivity contribution in [3.63, 3.8) is 0 Å². The largest absolute Gasteiger partial charge is 0.481 e. The molecule has 0 rings (SSSR count). The van der Waals surface area contributed by atoms with Crippen LogP contribution in [0.15, 0.2) is 0 Å². The van der Waals surface area contributed by atoms with Crippen molar-refractivity contribution in [2.24, 2.45) is 0 Å². The summed E-state index contributed by atoms with van der Waals surface area (Å²) >= 11 is 0. The van der Waals surface area contributed by atoms with Crippen LogP contribution in [0.5, 0.6) is 0 Å². The Kier molecular flexibility index (Phi) is 15.2. The van der Waals surface area contributed by atoms with E-state index in [-0.39, 0.29) is 12.8 Å². The second kappa shape index (κ2) is 12.9. The minimum atomic E-state index is -1.23. The quantitative estimate of drug-likeness (QED) is 0.450. The molecule has 0 aromatic rings. The van der Waals surface area contributed by atoms with Crippen molar-refractivity contribution >= 4 is 23.9 Å². The van der Waals surface area contributed by atoms with Crippen molar-refractivity contribution in [3.8, 4) is 0 Å². The van der Waals surface area contributed by atoms with Gasteiger partial charge in [-0.05, 0) is 6.92 Å². The van der Waals surface area contributed by atoms with Crippen LogP contribution in [0.4, 0.5) is 0 Å². The van der Waals surface area contributed by atoms with Gasteiger partial charge in [0.25, 0.3) is 5.97 Å². The van der Waals surface area contributed by atoms with Crippen LogP contribution in [0.25, 0.3) is 0 Å². The maximum absolute atomic E-state index is 9.64. The van der Waals surface area contributed by atoms with E-state index in [2.05, 4.69) is 0 Å². The first-order valence-corrected chi connectivity index (χ1v) is 4.54. The number of carboxylic acid groups (broad SMARTS) is 4. The Bertz CT molecular complexity index is 264. The monoisotopic (exact) mass is 268 g/mol. The molecule has 106 valence electrons. The Morgan fingerprint density at radius 1 is 0.889 bits per heavy atom. The first-order valence-electron chi connectivity index (χ1n) is 4.54. The summed E-state index contributed by atoms with van der Waals surface area (Å²) in [6, 6.07) is 0. The molecular formula is C9H16O9. The van der Waals surface area contributed by atoms with Crippen LogP contribution < -0.4 is 0 Å². The lowest BCUT2D eigenvalue weighted by Crippen LogP contribution is -2.13. The van der Waals surface area contributed by atoms with Crippen molar-refractivity contribution < 1.29 is 44.7 Å². The topological polar surface area (TPSA) is 169 Å². The average Bonchev–Trinajstić information content (AvgIpc) is 2.14. The first kappa shape index (κ1) is 21.2. The molecule has 1 unspecified atom stereocenters. The highest BCUT2D eigenvalue weighted by Gasteiger charge is 2.01. The Hall–Kier alpha value is -2.16. The molecule has 0 fully saturated rings. The van der Waals surface area contributed by atoms with Crippen LogP contribution in [0, 0.1) is 0 Å². The summed E-state index contributed by atoms with van der Waals surface area (Å²) in [7, 11) is 0. The van der Waals surface area contributed by atoms with Gasteiger partial charge in [-0.3, -0.25) is 14.4 Å². The lowest BCUT2D eigenvalue weighted by Gasteiger charge is -1.89. The second-order valence-corrected chi connectivity index (χ2v) is 2.82.